The van der Waals surface area contributed by atoms with Crippen LogP contribution in [-0.2, 0) is 48.3 Å². The molecule has 2 N–H and O–H groups in total. The molecule has 0 amide bonds. The van der Waals surface area contributed by atoms with Crippen molar-refractivity contribution in [3.8, 4) is 0 Å². The maximum atomic E-state index is 11.5. The number of carboxylic acid groups (broad SMARTS) is 1. The molecule has 8 heteroatoms. The van der Waals surface area contributed by atoms with Gasteiger partial charge in [-0.1, -0.05) is 91.0 Å². The minimum Gasteiger partial charge on any atom is -0.481 e. The minimum atomic E-state index is -1.36. The zero-order chi connectivity index (χ0) is 26.7. The van der Waals surface area contributed by atoms with E-state index in [0.717, 1.165) is 16.7 Å². The summed E-state index contributed by atoms with van der Waals surface area (Å²) in [6.45, 7) is 0.729. The van der Waals surface area contributed by atoms with Crippen molar-refractivity contribution in [1.82, 2.24) is 0 Å². The molecular weight excluding hydrogens is 488 g/mol. The van der Waals surface area contributed by atoms with Crippen LogP contribution >= 0.6 is 0 Å². The molecule has 1 fully saturated rings. The van der Waals surface area contributed by atoms with E-state index in [1.165, 1.54) is 7.11 Å². The molecule has 1 heterocycles. The lowest BCUT2D eigenvalue weighted by Crippen LogP contribution is -2.63. The first kappa shape index (κ1) is 27.9. The second-order valence-corrected chi connectivity index (χ2v) is 9.15. The monoisotopic (exact) mass is 522 g/mol. The lowest BCUT2D eigenvalue weighted by Gasteiger charge is -2.46. The minimum absolute atomic E-state index is 0.208. The number of rotatable bonds is 13. The van der Waals surface area contributed by atoms with Crippen LogP contribution in [0.2, 0.25) is 0 Å². The Morgan fingerprint density at radius 3 is 1.58 bits per heavy atom. The summed E-state index contributed by atoms with van der Waals surface area (Å²) in [6, 6.07) is 28.9. The molecule has 0 saturated carbocycles. The van der Waals surface area contributed by atoms with Gasteiger partial charge in [0.15, 0.2) is 6.29 Å². The molecule has 3 aromatic rings. The van der Waals surface area contributed by atoms with Gasteiger partial charge >= 0.3 is 5.97 Å². The molecule has 202 valence electrons. The second-order valence-electron chi connectivity index (χ2n) is 9.15. The van der Waals surface area contributed by atoms with Crippen LogP contribution < -0.4 is 0 Å². The summed E-state index contributed by atoms with van der Waals surface area (Å²) >= 11 is 0. The molecule has 1 saturated heterocycles. The maximum Gasteiger partial charge on any atom is 0.306 e. The van der Waals surface area contributed by atoms with Crippen molar-refractivity contribution in [2.75, 3.05) is 7.11 Å². The third kappa shape index (κ3) is 7.70. The number of hydrogen-bond donors (Lipinski definition) is 2. The van der Waals surface area contributed by atoms with E-state index in [1.54, 1.807) is 0 Å². The number of carboxylic acids is 1. The number of ether oxygens (including phenoxy) is 5. The number of hydrogen-bond acceptors (Lipinski definition) is 7. The van der Waals surface area contributed by atoms with Crippen LogP contribution in [0.15, 0.2) is 91.0 Å². The molecule has 6 atom stereocenters. The standard InChI is InChI=1S/C30H34O8/c1-34-30-29(37-20-23-15-9-4-10-16-23)28(36-19-22-13-7-3-8-14-22)27(26(38-30)24(31)17-25(32)33)35-18-21-11-5-2-6-12-21/h2-16,24,26-31H,17-20H2,1H3,(H,32,33)/t24-,26-,27-,28+,29-,30+/m1/s1. The molecule has 0 bridgehead atoms. The summed E-state index contributed by atoms with van der Waals surface area (Å²) in [4.78, 5) is 11.5. The van der Waals surface area contributed by atoms with Gasteiger partial charge in [0.1, 0.15) is 24.4 Å². The molecule has 0 aliphatic carbocycles. The highest BCUT2D eigenvalue weighted by molar-refractivity contribution is 5.67. The zero-order valence-electron chi connectivity index (χ0n) is 21.3. The van der Waals surface area contributed by atoms with Crippen molar-refractivity contribution < 1.29 is 38.7 Å². The Labute approximate surface area is 222 Å². The van der Waals surface area contributed by atoms with Gasteiger partial charge in [-0.3, -0.25) is 4.79 Å². The third-order valence-corrected chi connectivity index (χ3v) is 6.38. The fourth-order valence-corrected chi connectivity index (χ4v) is 4.49. The summed E-state index contributed by atoms with van der Waals surface area (Å²) in [5, 5.41) is 20.3. The van der Waals surface area contributed by atoms with E-state index in [1.807, 2.05) is 91.0 Å². The highest BCUT2D eigenvalue weighted by Crippen LogP contribution is 2.33. The predicted molar refractivity (Wildman–Crippen MR) is 139 cm³/mol. The fraction of sp³-hybridized carbons (Fsp3) is 0.367. The van der Waals surface area contributed by atoms with Crippen molar-refractivity contribution in [2.24, 2.45) is 0 Å². The van der Waals surface area contributed by atoms with Gasteiger partial charge in [-0.05, 0) is 16.7 Å². The Hall–Kier alpha value is -3.11. The quantitative estimate of drug-likeness (QED) is 0.348. The fourth-order valence-electron chi connectivity index (χ4n) is 4.49. The van der Waals surface area contributed by atoms with Crippen LogP contribution in [0, 0.1) is 0 Å². The van der Waals surface area contributed by atoms with Crippen LogP contribution in [0.4, 0.5) is 0 Å². The van der Waals surface area contributed by atoms with Crippen molar-refractivity contribution in [1.29, 1.82) is 0 Å². The summed E-state index contributed by atoms with van der Waals surface area (Å²) in [5.41, 5.74) is 2.81. The van der Waals surface area contributed by atoms with Crippen molar-refractivity contribution in [3.05, 3.63) is 108 Å². The molecule has 8 nitrogen and oxygen atoms in total. The number of aliphatic hydroxyl groups excluding tert-OH is 1. The summed E-state index contributed by atoms with van der Waals surface area (Å²) in [5.74, 6) is -1.15. The van der Waals surface area contributed by atoms with Gasteiger partial charge in [-0.25, -0.2) is 0 Å². The topological polar surface area (TPSA) is 104 Å². The van der Waals surface area contributed by atoms with E-state index in [4.69, 9.17) is 23.7 Å². The number of benzene rings is 3. The average molecular weight is 523 g/mol. The van der Waals surface area contributed by atoms with Crippen LogP contribution in [-0.4, -0.2) is 60.1 Å². The second kappa shape index (κ2) is 14.2. The average Bonchev–Trinajstić information content (AvgIpc) is 2.95. The van der Waals surface area contributed by atoms with Crippen molar-refractivity contribution >= 4 is 5.97 Å². The third-order valence-electron chi connectivity index (χ3n) is 6.38. The Morgan fingerprint density at radius 1 is 0.737 bits per heavy atom. The Morgan fingerprint density at radius 2 is 1.16 bits per heavy atom. The first-order valence-corrected chi connectivity index (χ1v) is 12.6. The van der Waals surface area contributed by atoms with E-state index in [0.29, 0.717) is 0 Å². The van der Waals surface area contributed by atoms with Crippen LogP contribution in [0.3, 0.4) is 0 Å². The van der Waals surface area contributed by atoms with E-state index in [2.05, 4.69) is 0 Å². The smallest absolute Gasteiger partial charge is 0.306 e. The first-order chi connectivity index (χ1) is 18.5. The molecule has 1 aliphatic heterocycles. The van der Waals surface area contributed by atoms with E-state index < -0.39 is 49.2 Å². The molecule has 0 radical (unpaired) electrons. The summed E-state index contributed by atoms with van der Waals surface area (Å²) in [7, 11) is 1.48. The first-order valence-electron chi connectivity index (χ1n) is 12.6. The molecule has 0 spiro atoms. The van der Waals surface area contributed by atoms with Gasteiger partial charge in [0.05, 0.1) is 32.3 Å². The lowest BCUT2D eigenvalue weighted by molar-refractivity contribution is -0.329. The SMILES string of the molecule is CO[C@H]1O[C@H]([C@H](O)CC(=O)O)[C@@H](OCc2ccccc2)[C@H](OCc2ccccc2)[C@H]1OCc1ccccc1. The van der Waals surface area contributed by atoms with Crippen molar-refractivity contribution in [2.45, 2.75) is 63.1 Å². The molecule has 1 aliphatic rings. The van der Waals surface area contributed by atoms with Crippen LogP contribution in [0.5, 0.6) is 0 Å². The highest BCUT2D eigenvalue weighted by Gasteiger charge is 2.51. The molecule has 0 unspecified atom stereocenters. The van der Waals surface area contributed by atoms with Crippen LogP contribution in [0.25, 0.3) is 0 Å². The molecule has 0 aromatic heterocycles. The van der Waals surface area contributed by atoms with Gasteiger partial charge in [-0.2, -0.15) is 0 Å². The van der Waals surface area contributed by atoms with Gasteiger partial charge in [0.25, 0.3) is 0 Å². The predicted octanol–water partition coefficient (Wildman–Crippen LogP) is 3.95. The van der Waals surface area contributed by atoms with Gasteiger partial charge < -0.3 is 33.9 Å². The number of aliphatic carboxylic acids is 1. The van der Waals surface area contributed by atoms with E-state index in [-0.39, 0.29) is 19.8 Å². The Bertz CT molecular complexity index is 1100. The van der Waals surface area contributed by atoms with E-state index >= 15 is 0 Å². The zero-order valence-corrected chi connectivity index (χ0v) is 21.3. The number of methoxy groups -OCH3 is 1. The van der Waals surface area contributed by atoms with Crippen LogP contribution in [0.1, 0.15) is 23.1 Å². The van der Waals surface area contributed by atoms with E-state index in [9.17, 15) is 15.0 Å². The Kier molecular flexibility index (Phi) is 10.4. The summed E-state index contributed by atoms with van der Waals surface area (Å²) < 4.78 is 30.8. The Balaban J connectivity index is 1.63. The molecule has 3 aromatic carbocycles. The summed E-state index contributed by atoms with van der Waals surface area (Å²) in [6.07, 6.45) is -6.15. The van der Waals surface area contributed by atoms with Crippen molar-refractivity contribution in [3.63, 3.8) is 0 Å². The number of carbonyl (C=O) groups is 1. The normalized spacial score (nSPS) is 24.1. The highest BCUT2D eigenvalue weighted by atomic mass is 16.7. The lowest BCUT2D eigenvalue weighted by atomic mass is 9.93. The maximum absolute atomic E-state index is 11.5. The largest absolute Gasteiger partial charge is 0.481 e. The molecule has 4 rings (SSSR count). The number of aliphatic hydroxyl groups is 1. The molecule has 38 heavy (non-hydrogen) atoms. The molecular formula is C30H34O8. The van der Waals surface area contributed by atoms with Gasteiger partial charge in [0, 0.05) is 7.11 Å². The van der Waals surface area contributed by atoms with Gasteiger partial charge in [-0.15, -0.1) is 0 Å². The van der Waals surface area contributed by atoms with Gasteiger partial charge in [0.2, 0.25) is 0 Å².